The van der Waals surface area contributed by atoms with Crippen LogP contribution in [0.3, 0.4) is 0 Å². The Morgan fingerprint density at radius 3 is 2.77 bits per heavy atom. The van der Waals surface area contributed by atoms with Crippen LogP contribution in [-0.2, 0) is 11.2 Å². The average Bonchev–Trinajstić information content (AvgIpc) is 3.25. The zero-order valence-corrected chi connectivity index (χ0v) is 16.5. The first-order valence-electron chi connectivity index (χ1n) is 10.3. The van der Waals surface area contributed by atoms with Crippen LogP contribution in [0.15, 0.2) is 36.4 Å². The first-order chi connectivity index (χ1) is 14.6. The van der Waals surface area contributed by atoms with Gasteiger partial charge in [0.1, 0.15) is 17.2 Å². The number of aliphatic carboxylic acids is 1. The lowest BCUT2D eigenvalue weighted by atomic mass is 9.86. The van der Waals surface area contributed by atoms with Crippen LogP contribution < -0.4 is 10.1 Å². The maximum absolute atomic E-state index is 11.4. The van der Waals surface area contributed by atoms with E-state index in [1.165, 1.54) is 0 Å². The van der Waals surface area contributed by atoms with E-state index < -0.39 is 5.97 Å². The number of nitrogens with zero attached hydrogens (tertiary/aromatic N) is 2. The summed E-state index contributed by atoms with van der Waals surface area (Å²) in [6, 6.07) is 11.6. The second-order valence-corrected chi connectivity index (χ2v) is 8.02. The highest BCUT2D eigenvalue weighted by Crippen LogP contribution is 2.42. The molecule has 3 N–H and O–H groups in total. The number of hydrogen-bond donors (Lipinski definition) is 3. The van der Waals surface area contributed by atoms with Gasteiger partial charge < -0.3 is 20.3 Å². The summed E-state index contributed by atoms with van der Waals surface area (Å²) in [6.45, 7) is 0.570. The van der Waals surface area contributed by atoms with Crippen LogP contribution in [0.1, 0.15) is 31.2 Å². The third kappa shape index (κ3) is 3.20. The first kappa shape index (κ1) is 18.7. The summed E-state index contributed by atoms with van der Waals surface area (Å²) < 4.78 is 5.54. The molecule has 30 heavy (non-hydrogen) atoms. The van der Waals surface area contributed by atoms with Crippen molar-refractivity contribution in [3.63, 3.8) is 0 Å². The minimum absolute atomic E-state index is 0.0500. The monoisotopic (exact) mass is 405 g/mol. The molecular formula is C23H23N3O4. The number of carboxylic acid groups (broad SMARTS) is 1. The summed E-state index contributed by atoms with van der Waals surface area (Å²) in [6.07, 6.45) is 3.77. The van der Waals surface area contributed by atoms with E-state index in [1.807, 2.05) is 36.4 Å². The quantitative estimate of drug-likeness (QED) is 0.603. The molecule has 2 atom stereocenters. The Morgan fingerprint density at radius 2 is 1.93 bits per heavy atom. The molecule has 1 aliphatic carbocycles. The lowest BCUT2D eigenvalue weighted by Gasteiger charge is -2.28. The second kappa shape index (κ2) is 7.48. The molecule has 2 unspecified atom stereocenters. The Labute approximate surface area is 173 Å². The molecular weight excluding hydrogens is 382 g/mol. The van der Waals surface area contributed by atoms with Crippen molar-refractivity contribution in [3.05, 3.63) is 42.0 Å². The highest BCUT2D eigenvalue weighted by molar-refractivity contribution is 6.01. The van der Waals surface area contributed by atoms with Crippen LogP contribution in [0.2, 0.25) is 0 Å². The molecule has 154 valence electrons. The van der Waals surface area contributed by atoms with Crippen LogP contribution in [0.4, 0.5) is 5.82 Å². The third-order valence-corrected chi connectivity index (χ3v) is 6.16. The lowest BCUT2D eigenvalue weighted by molar-refractivity contribution is -0.142. The SMILES string of the molecule is O=C(O)C1CCCC(Nc2nnc(-c3ccc4c(c3O)CCO4)c3ccccc23)C1. The van der Waals surface area contributed by atoms with E-state index in [0.717, 1.165) is 41.3 Å². The molecule has 2 heterocycles. The predicted molar refractivity (Wildman–Crippen MR) is 113 cm³/mol. The number of aromatic hydroxyl groups is 1. The molecule has 1 fully saturated rings. The van der Waals surface area contributed by atoms with Crippen molar-refractivity contribution >= 4 is 22.6 Å². The largest absolute Gasteiger partial charge is 0.507 e. The van der Waals surface area contributed by atoms with Gasteiger partial charge in [-0.25, -0.2) is 0 Å². The van der Waals surface area contributed by atoms with Crippen LogP contribution in [-0.4, -0.2) is 39.0 Å². The van der Waals surface area contributed by atoms with Gasteiger partial charge in [0.05, 0.1) is 12.5 Å². The van der Waals surface area contributed by atoms with E-state index in [9.17, 15) is 15.0 Å². The fourth-order valence-corrected chi connectivity index (χ4v) is 4.60. The molecule has 0 saturated heterocycles. The summed E-state index contributed by atoms with van der Waals surface area (Å²) in [5.41, 5.74) is 2.07. The van der Waals surface area contributed by atoms with Gasteiger partial charge in [0.15, 0.2) is 5.82 Å². The summed E-state index contributed by atoms with van der Waals surface area (Å²) in [5.74, 6) is 0.511. The topological polar surface area (TPSA) is 105 Å². The molecule has 1 aliphatic heterocycles. The lowest BCUT2D eigenvalue weighted by Crippen LogP contribution is -2.31. The van der Waals surface area contributed by atoms with Crippen molar-refractivity contribution in [2.45, 2.75) is 38.1 Å². The van der Waals surface area contributed by atoms with E-state index >= 15 is 0 Å². The summed E-state index contributed by atoms with van der Waals surface area (Å²) in [7, 11) is 0. The second-order valence-electron chi connectivity index (χ2n) is 8.02. The van der Waals surface area contributed by atoms with Crippen molar-refractivity contribution in [3.8, 4) is 22.8 Å². The number of aromatic nitrogens is 2. The zero-order chi connectivity index (χ0) is 20.7. The Bertz CT molecular complexity index is 1130. The van der Waals surface area contributed by atoms with Crippen molar-refractivity contribution in [2.75, 3.05) is 11.9 Å². The van der Waals surface area contributed by atoms with Gasteiger partial charge in [-0.15, -0.1) is 10.2 Å². The maximum Gasteiger partial charge on any atom is 0.306 e. The minimum atomic E-state index is -0.733. The Kier molecular flexibility index (Phi) is 4.65. The van der Waals surface area contributed by atoms with Crippen molar-refractivity contribution in [2.24, 2.45) is 5.92 Å². The molecule has 0 radical (unpaired) electrons. The molecule has 2 aliphatic rings. The van der Waals surface area contributed by atoms with Gasteiger partial charge >= 0.3 is 5.97 Å². The standard InChI is InChI=1S/C23H23N3O4/c27-21-17-10-11-30-19(17)9-8-18(21)20-15-6-1-2-7-16(15)22(26-25-20)24-14-5-3-4-13(12-14)23(28)29/h1-2,6-9,13-14,27H,3-5,10-12H2,(H,24,26)(H,28,29). The maximum atomic E-state index is 11.4. The van der Waals surface area contributed by atoms with Gasteiger partial charge in [0.25, 0.3) is 0 Å². The number of hydrogen-bond acceptors (Lipinski definition) is 6. The van der Waals surface area contributed by atoms with Crippen LogP contribution in [0.5, 0.6) is 11.5 Å². The Morgan fingerprint density at radius 1 is 1.10 bits per heavy atom. The van der Waals surface area contributed by atoms with E-state index in [0.29, 0.717) is 36.5 Å². The molecule has 3 aromatic rings. The van der Waals surface area contributed by atoms with Gasteiger partial charge in [-0.05, 0) is 31.4 Å². The number of phenols is 1. The van der Waals surface area contributed by atoms with Crippen molar-refractivity contribution in [1.29, 1.82) is 0 Å². The number of fused-ring (bicyclic) bond motifs is 2. The first-order valence-corrected chi connectivity index (χ1v) is 10.3. The predicted octanol–water partition coefficient (Wildman–Crippen LogP) is 3.99. The van der Waals surface area contributed by atoms with Gasteiger partial charge in [-0.1, -0.05) is 30.7 Å². The van der Waals surface area contributed by atoms with Gasteiger partial charge in [0, 0.05) is 34.4 Å². The van der Waals surface area contributed by atoms with Gasteiger partial charge in [-0.3, -0.25) is 4.79 Å². The molecule has 7 heteroatoms. The number of benzene rings is 2. The van der Waals surface area contributed by atoms with Crippen molar-refractivity contribution in [1.82, 2.24) is 10.2 Å². The summed E-state index contributed by atoms with van der Waals surface area (Å²) in [4.78, 5) is 11.4. The smallest absolute Gasteiger partial charge is 0.306 e. The van der Waals surface area contributed by atoms with Crippen molar-refractivity contribution < 1.29 is 19.7 Å². The number of phenolic OH excluding ortho intramolecular Hbond substituents is 1. The number of carbonyl (C=O) groups is 1. The summed E-state index contributed by atoms with van der Waals surface area (Å²) in [5, 5.41) is 34.3. The van der Waals surface area contributed by atoms with Gasteiger partial charge in [-0.2, -0.15) is 0 Å². The van der Waals surface area contributed by atoms with E-state index in [2.05, 4.69) is 15.5 Å². The van der Waals surface area contributed by atoms with E-state index in [-0.39, 0.29) is 17.7 Å². The van der Waals surface area contributed by atoms with E-state index in [1.54, 1.807) is 0 Å². The third-order valence-electron chi connectivity index (χ3n) is 6.16. The minimum Gasteiger partial charge on any atom is -0.507 e. The Balaban J connectivity index is 1.53. The Hall–Kier alpha value is -3.35. The molecule has 0 spiro atoms. The number of carboxylic acids is 1. The molecule has 1 aromatic heterocycles. The molecule has 0 amide bonds. The van der Waals surface area contributed by atoms with Crippen LogP contribution >= 0.6 is 0 Å². The molecule has 7 nitrogen and oxygen atoms in total. The molecule has 2 aromatic carbocycles. The van der Waals surface area contributed by atoms with E-state index in [4.69, 9.17) is 4.74 Å². The number of nitrogens with one attached hydrogen (secondary N) is 1. The molecule has 0 bridgehead atoms. The highest BCUT2D eigenvalue weighted by Gasteiger charge is 2.28. The van der Waals surface area contributed by atoms with Crippen LogP contribution in [0, 0.1) is 5.92 Å². The fourth-order valence-electron chi connectivity index (χ4n) is 4.60. The average molecular weight is 405 g/mol. The number of ether oxygens (including phenoxy) is 1. The normalized spacial score (nSPS) is 20.5. The number of anilines is 1. The molecule has 1 saturated carbocycles. The summed E-state index contributed by atoms with van der Waals surface area (Å²) >= 11 is 0. The zero-order valence-electron chi connectivity index (χ0n) is 16.5. The molecule has 5 rings (SSSR count). The van der Waals surface area contributed by atoms with Gasteiger partial charge in [0.2, 0.25) is 0 Å². The fraction of sp³-hybridized carbons (Fsp3) is 0.348. The van der Waals surface area contributed by atoms with Crippen LogP contribution in [0.25, 0.3) is 22.0 Å². The highest BCUT2D eigenvalue weighted by atomic mass is 16.5. The number of rotatable bonds is 4.